The molecule has 25 heavy (non-hydrogen) atoms. The fourth-order valence-corrected chi connectivity index (χ4v) is 3.16. The lowest BCUT2D eigenvalue weighted by Gasteiger charge is -2.23. The smallest absolute Gasteiger partial charge is 0.241 e. The first-order chi connectivity index (χ1) is 12.3. The number of furan rings is 1. The predicted molar refractivity (Wildman–Crippen MR) is 89.9 cm³/mol. The lowest BCUT2D eigenvalue weighted by Crippen LogP contribution is -2.39. The average Bonchev–Trinajstić information content (AvgIpc) is 3.38. The topological polar surface area (TPSA) is 89.1 Å². The number of anilines is 1. The minimum absolute atomic E-state index is 0.00913. The van der Waals surface area contributed by atoms with Gasteiger partial charge in [-0.05, 0) is 54.1 Å². The molecule has 128 valence electrons. The van der Waals surface area contributed by atoms with E-state index in [1.807, 2.05) is 30.3 Å². The zero-order valence-corrected chi connectivity index (χ0v) is 13.6. The maximum absolute atomic E-state index is 12.7. The van der Waals surface area contributed by atoms with Crippen molar-refractivity contribution in [2.75, 3.05) is 11.9 Å². The van der Waals surface area contributed by atoms with E-state index in [4.69, 9.17) is 4.42 Å². The highest BCUT2D eigenvalue weighted by molar-refractivity contribution is 5.95. The summed E-state index contributed by atoms with van der Waals surface area (Å²) in [5.74, 6) is 0.00913. The van der Waals surface area contributed by atoms with E-state index in [-0.39, 0.29) is 11.9 Å². The van der Waals surface area contributed by atoms with Gasteiger partial charge in [-0.25, -0.2) is 4.68 Å². The van der Waals surface area contributed by atoms with Gasteiger partial charge in [-0.2, -0.15) is 0 Å². The zero-order chi connectivity index (χ0) is 17.1. The number of carbonyl (C=O) groups excluding carboxylic acids is 1. The molecule has 1 aromatic carbocycles. The number of likely N-dealkylation sites (tertiary alicyclic amines) is 1. The molecular weight excluding hydrogens is 320 g/mol. The van der Waals surface area contributed by atoms with Crippen LogP contribution in [0.15, 0.2) is 53.6 Å². The molecule has 4 rings (SSSR count). The average molecular weight is 338 g/mol. The molecule has 1 amide bonds. The van der Waals surface area contributed by atoms with Gasteiger partial charge in [0.1, 0.15) is 6.33 Å². The Balaban J connectivity index is 1.45. The summed E-state index contributed by atoms with van der Waals surface area (Å²) >= 11 is 0. The summed E-state index contributed by atoms with van der Waals surface area (Å²) in [4.78, 5) is 14.9. The summed E-state index contributed by atoms with van der Waals surface area (Å²) in [6.07, 6.45) is 6.77. The molecule has 1 aliphatic heterocycles. The Kier molecular flexibility index (Phi) is 4.26. The highest BCUT2D eigenvalue weighted by atomic mass is 16.3. The van der Waals surface area contributed by atoms with E-state index < -0.39 is 0 Å². The van der Waals surface area contributed by atoms with Gasteiger partial charge in [-0.1, -0.05) is 6.07 Å². The van der Waals surface area contributed by atoms with Gasteiger partial charge < -0.3 is 9.73 Å². The third kappa shape index (κ3) is 3.43. The molecule has 1 aliphatic rings. The molecule has 0 spiro atoms. The Morgan fingerprint density at radius 2 is 2.32 bits per heavy atom. The Bertz CT molecular complexity index is 831. The molecule has 1 atom stereocenters. The van der Waals surface area contributed by atoms with Gasteiger partial charge in [-0.3, -0.25) is 9.69 Å². The molecule has 1 N–H and O–H groups in total. The standard InChI is InChI=1S/C17H18N6O2/c24-17(16-5-2-7-22(16)10-13-6-8-25-11-13)19-14-3-1-4-15(9-14)23-12-18-20-21-23/h1,3-4,6,8-9,11-12,16H,2,5,7,10H2,(H,19,24)/t16-/m1/s1. The number of hydrogen-bond acceptors (Lipinski definition) is 6. The number of hydrogen-bond donors (Lipinski definition) is 1. The largest absolute Gasteiger partial charge is 0.472 e. The molecule has 3 aromatic rings. The van der Waals surface area contributed by atoms with Crippen LogP contribution < -0.4 is 5.32 Å². The number of aromatic nitrogens is 4. The summed E-state index contributed by atoms with van der Waals surface area (Å²) in [6, 6.07) is 9.26. The van der Waals surface area contributed by atoms with E-state index in [0.29, 0.717) is 0 Å². The number of tetrazole rings is 1. The van der Waals surface area contributed by atoms with Gasteiger partial charge in [0.25, 0.3) is 0 Å². The number of carbonyl (C=O) groups is 1. The molecule has 0 unspecified atom stereocenters. The minimum atomic E-state index is -0.133. The maximum Gasteiger partial charge on any atom is 0.241 e. The zero-order valence-electron chi connectivity index (χ0n) is 13.6. The minimum Gasteiger partial charge on any atom is -0.472 e. The third-order valence-corrected chi connectivity index (χ3v) is 4.36. The maximum atomic E-state index is 12.7. The second-order valence-corrected chi connectivity index (χ2v) is 6.05. The van der Waals surface area contributed by atoms with Crippen LogP contribution in [-0.2, 0) is 11.3 Å². The lowest BCUT2D eigenvalue weighted by atomic mass is 10.2. The van der Waals surface area contributed by atoms with Crippen molar-refractivity contribution in [2.24, 2.45) is 0 Å². The van der Waals surface area contributed by atoms with Crippen molar-refractivity contribution in [2.45, 2.75) is 25.4 Å². The van der Waals surface area contributed by atoms with Crippen molar-refractivity contribution in [3.8, 4) is 5.69 Å². The van der Waals surface area contributed by atoms with E-state index in [1.165, 1.54) is 6.33 Å². The van der Waals surface area contributed by atoms with Crippen LogP contribution in [0.25, 0.3) is 5.69 Å². The number of benzene rings is 1. The van der Waals surface area contributed by atoms with Gasteiger partial charge in [-0.15, -0.1) is 5.10 Å². The lowest BCUT2D eigenvalue weighted by molar-refractivity contribution is -0.120. The van der Waals surface area contributed by atoms with E-state index >= 15 is 0 Å². The number of amides is 1. The normalized spacial score (nSPS) is 17.7. The molecule has 2 aromatic heterocycles. The van der Waals surface area contributed by atoms with Gasteiger partial charge in [0, 0.05) is 17.8 Å². The molecule has 1 fully saturated rings. The SMILES string of the molecule is O=C(Nc1cccc(-n2cnnn2)c1)[C@H]1CCCN1Cc1ccoc1. The second-order valence-electron chi connectivity index (χ2n) is 6.05. The molecule has 3 heterocycles. The number of nitrogens with zero attached hydrogens (tertiary/aromatic N) is 5. The van der Waals surface area contributed by atoms with Gasteiger partial charge >= 0.3 is 0 Å². The van der Waals surface area contributed by atoms with E-state index in [1.54, 1.807) is 17.2 Å². The summed E-state index contributed by atoms with van der Waals surface area (Å²) in [5, 5.41) is 14.1. The highest BCUT2D eigenvalue weighted by Gasteiger charge is 2.30. The molecule has 0 bridgehead atoms. The summed E-state index contributed by atoms with van der Waals surface area (Å²) in [5.41, 5.74) is 2.61. The molecule has 0 saturated carbocycles. The molecule has 8 heteroatoms. The van der Waals surface area contributed by atoms with Crippen LogP contribution in [0, 0.1) is 0 Å². The van der Waals surface area contributed by atoms with Crippen LogP contribution in [0.2, 0.25) is 0 Å². The van der Waals surface area contributed by atoms with Crippen molar-refractivity contribution in [3.05, 3.63) is 54.7 Å². The van der Waals surface area contributed by atoms with Gasteiger partial charge in [0.2, 0.25) is 5.91 Å². The molecule has 0 radical (unpaired) electrons. The Morgan fingerprint density at radius 3 is 3.12 bits per heavy atom. The monoisotopic (exact) mass is 338 g/mol. The first-order valence-corrected chi connectivity index (χ1v) is 8.19. The van der Waals surface area contributed by atoms with Gasteiger partial charge in [0.05, 0.1) is 24.3 Å². The Hall–Kier alpha value is -3.00. The summed E-state index contributed by atoms with van der Waals surface area (Å²) in [6.45, 7) is 1.63. The van der Waals surface area contributed by atoms with Crippen LogP contribution in [0.5, 0.6) is 0 Å². The predicted octanol–water partition coefficient (Wildman–Crippen LogP) is 1.86. The van der Waals surface area contributed by atoms with Crippen molar-refractivity contribution in [3.63, 3.8) is 0 Å². The fraction of sp³-hybridized carbons (Fsp3) is 0.294. The Morgan fingerprint density at radius 1 is 1.36 bits per heavy atom. The van der Waals surface area contributed by atoms with E-state index in [0.717, 1.165) is 42.9 Å². The van der Waals surface area contributed by atoms with Crippen LogP contribution >= 0.6 is 0 Å². The molecule has 8 nitrogen and oxygen atoms in total. The van der Waals surface area contributed by atoms with Crippen LogP contribution in [-0.4, -0.2) is 43.6 Å². The second kappa shape index (κ2) is 6.86. The third-order valence-electron chi connectivity index (χ3n) is 4.36. The first kappa shape index (κ1) is 15.5. The molecule has 1 saturated heterocycles. The van der Waals surface area contributed by atoms with Crippen molar-refractivity contribution in [1.82, 2.24) is 25.1 Å². The summed E-state index contributed by atoms with van der Waals surface area (Å²) in [7, 11) is 0. The highest BCUT2D eigenvalue weighted by Crippen LogP contribution is 2.22. The van der Waals surface area contributed by atoms with Crippen molar-refractivity contribution >= 4 is 11.6 Å². The Labute approximate surface area is 144 Å². The van der Waals surface area contributed by atoms with E-state index in [2.05, 4.69) is 25.7 Å². The first-order valence-electron chi connectivity index (χ1n) is 8.19. The number of nitrogens with one attached hydrogen (secondary N) is 1. The molecule has 0 aliphatic carbocycles. The fourth-order valence-electron chi connectivity index (χ4n) is 3.16. The van der Waals surface area contributed by atoms with Crippen molar-refractivity contribution in [1.29, 1.82) is 0 Å². The quantitative estimate of drug-likeness (QED) is 0.764. The van der Waals surface area contributed by atoms with Crippen LogP contribution in [0.4, 0.5) is 5.69 Å². The summed E-state index contributed by atoms with van der Waals surface area (Å²) < 4.78 is 6.67. The van der Waals surface area contributed by atoms with E-state index in [9.17, 15) is 4.79 Å². The number of rotatable bonds is 5. The van der Waals surface area contributed by atoms with Gasteiger partial charge in [0.15, 0.2) is 0 Å². The van der Waals surface area contributed by atoms with Crippen LogP contribution in [0.1, 0.15) is 18.4 Å². The van der Waals surface area contributed by atoms with Crippen molar-refractivity contribution < 1.29 is 9.21 Å². The molecular formula is C17H18N6O2. The van der Waals surface area contributed by atoms with Crippen LogP contribution in [0.3, 0.4) is 0 Å².